The molecule has 0 aromatic carbocycles. The summed E-state index contributed by atoms with van der Waals surface area (Å²) in [5.74, 6) is 0. The molecule has 0 aliphatic rings. The molecule has 0 radical (unpaired) electrons. The van der Waals surface area contributed by atoms with Gasteiger partial charge in [-0.2, -0.15) is 8.42 Å². The first-order valence-electron chi connectivity index (χ1n) is 1.16. The summed E-state index contributed by atoms with van der Waals surface area (Å²) in [6.45, 7) is 0. The van der Waals surface area contributed by atoms with Crippen molar-refractivity contribution in [2.24, 2.45) is 0 Å². The van der Waals surface area contributed by atoms with Crippen molar-refractivity contribution in [3.05, 3.63) is 0 Å². The van der Waals surface area contributed by atoms with Gasteiger partial charge in [0.05, 0.1) is 10.8 Å². The third-order valence-electron chi connectivity index (χ3n) is 0. The van der Waals surface area contributed by atoms with Gasteiger partial charge in [-0.25, -0.2) is 0 Å². The zero-order valence-corrected chi connectivity index (χ0v) is 8.29. The molecular formula is H2ClNaO7S. The van der Waals surface area contributed by atoms with Crippen LogP contribution in [0.3, 0.4) is 0 Å². The summed E-state index contributed by atoms with van der Waals surface area (Å²) in [6, 6.07) is 0. The fraction of sp³-hybridized carbons (Fsp3) is 0. The minimum atomic E-state index is -4.67. The topological polar surface area (TPSA) is 144 Å². The predicted molar refractivity (Wildman–Crippen MR) is 14.2 cm³/mol. The van der Waals surface area contributed by atoms with Gasteiger partial charge in [-0.15, -0.1) is 0 Å². The van der Waals surface area contributed by atoms with Gasteiger partial charge < -0.3 is 14.0 Å². The van der Waals surface area contributed by atoms with Gasteiger partial charge in [0.15, 0.2) is 0 Å². The maximum absolute atomic E-state index is 8.74. The molecule has 0 saturated heterocycles. The smallest absolute Gasteiger partial charge is 0.357 e. The number of hydrogen-bond donors (Lipinski definition) is 2. The van der Waals surface area contributed by atoms with E-state index in [-0.39, 0.29) is 29.6 Å². The van der Waals surface area contributed by atoms with E-state index in [0.717, 1.165) is 0 Å². The molecule has 0 aromatic heterocycles. The molecular weight excluding hydrogens is 203 g/mol. The van der Waals surface area contributed by atoms with Gasteiger partial charge in [-0.05, 0) is 0 Å². The van der Waals surface area contributed by atoms with Gasteiger partial charge >= 0.3 is 40.0 Å². The number of halogens is 1. The second kappa shape index (κ2) is 8.14. The van der Waals surface area contributed by atoms with Gasteiger partial charge in [-0.3, -0.25) is 9.11 Å². The zero-order chi connectivity index (χ0) is 8.08. The summed E-state index contributed by atoms with van der Waals surface area (Å²) in [4.78, 5) is 0. The Balaban J connectivity index is -0.0000000910. The standard InChI is InChI=1S/ClO3.Na.H2O4S/c2-1(3)4;;1-5(2,3)4/h;;(H2,1,2,3,4)/q-1;+1;. The average Bonchev–Trinajstić information content (AvgIpc) is 1.19. The molecule has 0 spiro atoms. The molecule has 7 nitrogen and oxygen atoms in total. The van der Waals surface area contributed by atoms with E-state index >= 15 is 0 Å². The molecule has 0 aliphatic heterocycles. The zero-order valence-electron chi connectivity index (χ0n) is 4.72. The van der Waals surface area contributed by atoms with E-state index in [1.165, 1.54) is 0 Å². The van der Waals surface area contributed by atoms with Gasteiger partial charge in [0.2, 0.25) is 0 Å². The first-order valence-corrected chi connectivity index (χ1v) is 3.48. The van der Waals surface area contributed by atoms with E-state index in [4.69, 9.17) is 31.5 Å². The van der Waals surface area contributed by atoms with Crippen LogP contribution in [-0.4, -0.2) is 17.5 Å². The van der Waals surface area contributed by atoms with E-state index in [1.807, 2.05) is 0 Å². The summed E-state index contributed by atoms with van der Waals surface area (Å²) in [5, 5.41) is 0. The second-order valence-electron chi connectivity index (χ2n) is 0.637. The van der Waals surface area contributed by atoms with Crippen molar-refractivity contribution in [1.82, 2.24) is 0 Å². The Kier molecular flexibility index (Phi) is 14.0. The van der Waals surface area contributed by atoms with Gasteiger partial charge in [-0.1, -0.05) is 0 Å². The normalized spacial score (nSPS) is 9.40. The van der Waals surface area contributed by atoms with Crippen LogP contribution in [-0.2, 0) is 10.4 Å². The summed E-state index contributed by atoms with van der Waals surface area (Å²) in [7, 11) is -7.52. The Bertz CT molecular complexity index is 125. The van der Waals surface area contributed by atoms with Crippen molar-refractivity contribution in [3.8, 4) is 0 Å². The van der Waals surface area contributed by atoms with Crippen LogP contribution < -0.4 is 43.5 Å². The molecule has 0 aromatic rings. The maximum atomic E-state index is 8.74. The van der Waals surface area contributed by atoms with E-state index < -0.39 is 21.2 Å². The van der Waals surface area contributed by atoms with Gasteiger partial charge in [0.25, 0.3) is 0 Å². The molecule has 0 unspecified atom stereocenters. The molecule has 0 bridgehead atoms. The molecule has 0 fully saturated rings. The van der Waals surface area contributed by atoms with Crippen molar-refractivity contribution in [2.45, 2.75) is 0 Å². The van der Waals surface area contributed by atoms with Crippen molar-refractivity contribution in [3.63, 3.8) is 0 Å². The predicted octanol–water partition coefficient (Wildman–Crippen LogP) is -7.22. The summed E-state index contributed by atoms with van der Waals surface area (Å²) in [5.41, 5.74) is 0. The molecule has 0 atom stereocenters. The minimum Gasteiger partial charge on any atom is -0.357 e. The SMILES string of the molecule is O=S(=O)(O)O.[Na+].[O-][Cl+2]([O-])[O-]. The first kappa shape index (κ1) is 17.2. The largest absolute Gasteiger partial charge is 1.00 e. The number of rotatable bonds is 0. The quantitative estimate of drug-likeness (QED) is 0.295. The van der Waals surface area contributed by atoms with E-state index in [2.05, 4.69) is 0 Å². The first-order chi connectivity index (χ1) is 3.73. The third kappa shape index (κ3) is 540. The van der Waals surface area contributed by atoms with Crippen LogP contribution in [0.5, 0.6) is 0 Å². The molecule has 0 amide bonds. The minimum absolute atomic E-state index is 0. The van der Waals surface area contributed by atoms with Crippen LogP contribution in [0.1, 0.15) is 0 Å². The molecule has 58 valence electrons. The molecule has 0 aliphatic carbocycles. The molecule has 10 heteroatoms. The van der Waals surface area contributed by atoms with Crippen LogP contribution in [0, 0.1) is 10.8 Å². The summed E-state index contributed by atoms with van der Waals surface area (Å²) < 4.78 is 56.8. The molecule has 0 heterocycles. The molecule has 0 saturated carbocycles. The Morgan fingerprint density at radius 2 is 1.10 bits per heavy atom. The van der Waals surface area contributed by atoms with E-state index in [1.54, 1.807) is 0 Å². The Morgan fingerprint density at radius 1 is 1.10 bits per heavy atom. The Hall–Kier alpha value is 1.04. The van der Waals surface area contributed by atoms with Crippen LogP contribution in [0.15, 0.2) is 0 Å². The maximum Gasteiger partial charge on any atom is 1.00 e. The van der Waals surface area contributed by atoms with Gasteiger partial charge in [0, 0.05) is 0 Å². The average molecular weight is 205 g/mol. The van der Waals surface area contributed by atoms with Crippen LogP contribution in [0.4, 0.5) is 0 Å². The Morgan fingerprint density at radius 3 is 1.10 bits per heavy atom. The van der Waals surface area contributed by atoms with Crippen molar-refractivity contribution in [1.29, 1.82) is 0 Å². The molecule has 2 N–H and O–H groups in total. The van der Waals surface area contributed by atoms with Crippen LogP contribution in [0.2, 0.25) is 0 Å². The third-order valence-corrected chi connectivity index (χ3v) is 0. The Labute approximate surface area is 81.9 Å². The van der Waals surface area contributed by atoms with Crippen molar-refractivity contribution in [2.75, 3.05) is 0 Å². The van der Waals surface area contributed by atoms with Crippen molar-refractivity contribution >= 4 is 10.4 Å². The summed E-state index contributed by atoms with van der Waals surface area (Å²) >= 11 is 0. The fourth-order valence-corrected chi connectivity index (χ4v) is 0. The molecule has 10 heavy (non-hydrogen) atoms. The number of hydrogen-bond acceptors (Lipinski definition) is 5. The van der Waals surface area contributed by atoms with Crippen LogP contribution in [0.25, 0.3) is 0 Å². The van der Waals surface area contributed by atoms with E-state index in [0.29, 0.717) is 0 Å². The van der Waals surface area contributed by atoms with Gasteiger partial charge in [0.1, 0.15) is 0 Å². The summed E-state index contributed by atoms with van der Waals surface area (Å²) in [6.07, 6.45) is 0. The fourth-order valence-electron chi connectivity index (χ4n) is 0. The van der Waals surface area contributed by atoms with E-state index in [9.17, 15) is 0 Å². The second-order valence-corrected chi connectivity index (χ2v) is 1.91. The van der Waals surface area contributed by atoms with Crippen molar-refractivity contribution < 1.29 is 71.8 Å². The van der Waals surface area contributed by atoms with Crippen LogP contribution >= 0.6 is 0 Å². The molecule has 0 rings (SSSR count). The monoisotopic (exact) mass is 204 g/mol.